The number of amides is 1. The first kappa shape index (κ1) is 25.8. The van der Waals surface area contributed by atoms with Gasteiger partial charge in [-0.1, -0.05) is 11.6 Å². The maximum Gasteiger partial charge on any atom is 0.224 e. The molecule has 164 valence electrons. The van der Waals surface area contributed by atoms with E-state index in [1.807, 2.05) is 32.0 Å². The van der Waals surface area contributed by atoms with Crippen molar-refractivity contribution in [3.05, 3.63) is 47.5 Å². The van der Waals surface area contributed by atoms with E-state index in [2.05, 4.69) is 15.6 Å². The van der Waals surface area contributed by atoms with Crippen molar-refractivity contribution in [3.8, 4) is 11.5 Å². The summed E-state index contributed by atoms with van der Waals surface area (Å²) in [5.74, 6) is 1.54. The number of halogens is 2. The summed E-state index contributed by atoms with van der Waals surface area (Å²) in [6.07, 6.45) is 0.905. The van der Waals surface area contributed by atoms with Gasteiger partial charge in [-0.25, -0.2) is 0 Å². The molecule has 0 saturated carbocycles. The first-order chi connectivity index (χ1) is 14.0. The van der Waals surface area contributed by atoms with Gasteiger partial charge >= 0.3 is 0 Å². The van der Waals surface area contributed by atoms with Gasteiger partial charge in [0.25, 0.3) is 0 Å². The predicted octanol–water partition coefficient (Wildman–Crippen LogP) is 4.90. The minimum absolute atomic E-state index is 0. The lowest BCUT2D eigenvalue weighted by Gasteiger charge is -2.14. The lowest BCUT2D eigenvalue weighted by atomic mass is 10.2. The molecule has 0 aromatic heterocycles. The second kappa shape index (κ2) is 13.9. The average molecular weight is 547 g/mol. The maximum atomic E-state index is 12.0. The van der Waals surface area contributed by atoms with E-state index in [1.165, 1.54) is 0 Å². The molecular formula is C21H28ClIN4O3. The number of hydrogen-bond acceptors (Lipinski definition) is 4. The molecule has 0 heterocycles. The number of nitrogens with zero attached hydrogens (tertiary/aromatic N) is 1. The zero-order chi connectivity index (χ0) is 21.1. The number of carbonyl (C=O) groups excluding carboxylic acids is 1. The highest BCUT2D eigenvalue weighted by Gasteiger charge is 2.07. The highest BCUT2D eigenvalue weighted by molar-refractivity contribution is 14.0. The zero-order valence-corrected chi connectivity index (χ0v) is 20.2. The van der Waals surface area contributed by atoms with Crippen LogP contribution in [0.15, 0.2) is 47.5 Å². The van der Waals surface area contributed by atoms with E-state index in [9.17, 15) is 4.79 Å². The van der Waals surface area contributed by atoms with E-state index in [0.717, 1.165) is 0 Å². The zero-order valence-electron chi connectivity index (χ0n) is 17.1. The molecule has 0 unspecified atom stereocenters. The fraction of sp³-hybridized carbons (Fsp3) is 0.333. The molecule has 0 aliphatic rings. The summed E-state index contributed by atoms with van der Waals surface area (Å²) in [6, 6.07) is 12.4. The van der Waals surface area contributed by atoms with E-state index in [1.54, 1.807) is 24.3 Å². The van der Waals surface area contributed by atoms with Crippen molar-refractivity contribution >= 4 is 58.8 Å². The molecule has 0 bridgehead atoms. The maximum absolute atomic E-state index is 12.0. The molecule has 4 N–H and O–H groups in total. The number of rotatable bonds is 10. The molecular weight excluding hydrogens is 519 g/mol. The van der Waals surface area contributed by atoms with Crippen LogP contribution in [0, 0.1) is 0 Å². The number of aliphatic imine (C=N–C) groups is 1. The number of carbonyl (C=O) groups is 1. The first-order valence-electron chi connectivity index (χ1n) is 9.53. The molecule has 1 amide bonds. The third-order valence-corrected chi connectivity index (χ3v) is 4.05. The second-order valence-corrected chi connectivity index (χ2v) is 6.51. The van der Waals surface area contributed by atoms with Gasteiger partial charge in [-0.2, -0.15) is 0 Å². The van der Waals surface area contributed by atoms with Crippen LogP contribution < -0.4 is 25.8 Å². The van der Waals surface area contributed by atoms with Crippen LogP contribution in [0.5, 0.6) is 11.5 Å². The summed E-state index contributed by atoms with van der Waals surface area (Å²) in [4.78, 5) is 16.3. The van der Waals surface area contributed by atoms with Gasteiger partial charge in [-0.05, 0) is 56.7 Å². The van der Waals surface area contributed by atoms with Crippen molar-refractivity contribution in [3.63, 3.8) is 0 Å². The van der Waals surface area contributed by atoms with E-state index >= 15 is 0 Å². The van der Waals surface area contributed by atoms with Crippen LogP contribution in [0.4, 0.5) is 11.4 Å². The minimum Gasteiger partial charge on any atom is -0.494 e. The molecule has 7 nitrogen and oxygen atoms in total. The van der Waals surface area contributed by atoms with Crippen molar-refractivity contribution < 1.29 is 14.3 Å². The smallest absolute Gasteiger partial charge is 0.224 e. The van der Waals surface area contributed by atoms with Gasteiger partial charge < -0.3 is 25.8 Å². The Bertz CT molecular complexity index is 832. The molecule has 0 saturated heterocycles. The molecule has 0 fully saturated rings. The Balaban J connectivity index is 0.00000450. The molecule has 30 heavy (non-hydrogen) atoms. The third-order valence-electron chi connectivity index (χ3n) is 3.80. The number of benzene rings is 2. The SMILES string of the molecule is CCOc1ccc(OCC)c(NC(N)=NCCCC(=O)Nc2ccc(Cl)cc2)c1.I. The number of hydrogen-bond donors (Lipinski definition) is 3. The third kappa shape index (κ3) is 9.08. The average Bonchev–Trinajstić information content (AvgIpc) is 2.69. The van der Waals surface area contributed by atoms with Crippen LogP contribution in [-0.2, 0) is 4.79 Å². The summed E-state index contributed by atoms with van der Waals surface area (Å²) in [5.41, 5.74) is 7.37. The van der Waals surface area contributed by atoms with Crippen LogP contribution in [-0.4, -0.2) is 31.6 Å². The summed E-state index contributed by atoms with van der Waals surface area (Å²) in [7, 11) is 0. The largest absolute Gasteiger partial charge is 0.494 e. The molecule has 0 spiro atoms. The number of guanidine groups is 1. The molecule has 2 aromatic rings. The van der Waals surface area contributed by atoms with E-state index in [4.69, 9.17) is 26.8 Å². The second-order valence-electron chi connectivity index (χ2n) is 6.07. The minimum atomic E-state index is -0.0860. The van der Waals surface area contributed by atoms with E-state index in [-0.39, 0.29) is 35.8 Å². The molecule has 9 heteroatoms. The number of ether oxygens (including phenoxy) is 2. The van der Waals surface area contributed by atoms with Crippen LogP contribution in [0.2, 0.25) is 5.02 Å². The van der Waals surface area contributed by atoms with Crippen molar-refractivity contribution in [2.75, 3.05) is 30.4 Å². The standard InChI is InChI=1S/C21H27ClN4O3.HI/c1-3-28-17-11-12-19(29-4-2)18(14-17)26-21(23)24-13-5-6-20(27)25-16-9-7-15(22)8-10-16;/h7-12,14H,3-6,13H2,1-2H3,(H,25,27)(H3,23,24,26);1H. The quantitative estimate of drug-likeness (QED) is 0.170. The Morgan fingerprint density at radius 2 is 1.77 bits per heavy atom. The normalized spacial score (nSPS) is 10.7. The van der Waals surface area contributed by atoms with Gasteiger partial charge in [0.05, 0.1) is 18.9 Å². The lowest BCUT2D eigenvalue weighted by molar-refractivity contribution is -0.116. The first-order valence-corrected chi connectivity index (χ1v) is 9.91. The van der Waals surface area contributed by atoms with Gasteiger partial charge in [-0.15, -0.1) is 24.0 Å². The van der Waals surface area contributed by atoms with Crippen molar-refractivity contribution in [1.29, 1.82) is 0 Å². The fourth-order valence-electron chi connectivity index (χ4n) is 2.52. The van der Waals surface area contributed by atoms with Gasteiger partial charge in [0.2, 0.25) is 5.91 Å². The Morgan fingerprint density at radius 1 is 1.07 bits per heavy atom. The van der Waals surface area contributed by atoms with Crippen LogP contribution in [0.25, 0.3) is 0 Å². The monoisotopic (exact) mass is 546 g/mol. The Hall–Kier alpha value is -2.20. The highest BCUT2D eigenvalue weighted by atomic mass is 127. The number of anilines is 2. The van der Waals surface area contributed by atoms with Crippen molar-refractivity contribution in [2.24, 2.45) is 10.7 Å². The highest BCUT2D eigenvalue weighted by Crippen LogP contribution is 2.29. The molecule has 0 aliphatic heterocycles. The Kier molecular flexibility index (Phi) is 12.0. The van der Waals surface area contributed by atoms with Crippen LogP contribution in [0.3, 0.4) is 0 Å². The lowest BCUT2D eigenvalue weighted by Crippen LogP contribution is -2.23. The topological polar surface area (TPSA) is 98.0 Å². The molecule has 2 rings (SSSR count). The van der Waals surface area contributed by atoms with Gasteiger partial charge in [0.15, 0.2) is 5.96 Å². The fourth-order valence-corrected chi connectivity index (χ4v) is 2.64. The van der Waals surface area contributed by atoms with Gasteiger partial charge in [0.1, 0.15) is 11.5 Å². The van der Waals surface area contributed by atoms with Crippen LogP contribution in [0.1, 0.15) is 26.7 Å². The van der Waals surface area contributed by atoms with Crippen LogP contribution >= 0.6 is 35.6 Å². The number of nitrogens with two attached hydrogens (primary N) is 1. The molecule has 0 aliphatic carbocycles. The molecule has 0 radical (unpaired) electrons. The molecule has 2 aromatic carbocycles. The Morgan fingerprint density at radius 3 is 2.43 bits per heavy atom. The summed E-state index contributed by atoms with van der Waals surface area (Å²) in [6.45, 7) is 5.34. The molecule has 0 atom stereocenters. The van der Waals surface area contributed by atoms with Gasteiger partial charge in [-0.3, -0.25) is 9.79 Å². The van der Waals surface area contributed by atoms with Crippen molar-refractivity contribution in [2.45, 2.75) is 26.7 Å². The van der Waals surface area contributed by atoms with E-state index in [0.29, 0.717) is 60.5 Å². The Labute approximate surface area is 199 Å². The van der Waals surface area contributed by atoms with Crippen molar-refractivity contribution in [1.82, 2.24) is 0 Å². The summed E-state index contributed by atoms with van der Waals surface area (Å²) >= 11 is 5.83. The summed E-state index contributed by atoms with van der Waals surface area (Å²) < 4.78 is 11.1. The summed E-state index contributed by atoms with van der Waals surface area (Å²) in [5, 5.41) is 6.48. The number of nitrogens with one attached hydrogen (secondary N) is 2. The van der Waals surface area contributed by atoms with Gasteiger partial charge in [0, 0.05) is 29.7 Å². The van der Waals surface area contributed by atoms with E-state index < -0.39 is 0 Å². The predicted molar refractivity (Wildman–Crippen MR) is 134 cm³/mol.